The highest BCUT2D eigenvalue weighted by Gasteiger charge is 2.25. The number of benzene rings is 3. The summed E-state index contributed by atoms with van der Waals surface area (Å²) in [6.45, 7) is 0. The Morgan fingerprint density at radius 1 is 1.07 bits per heavy atom. The maximum atomic E-state index is 10.8. The van der Waals surface area contributed by atoms with Gasteiger partial charge in [-0.05, 0) is 10.8 Å². The van der Waals surface area contributed by atoms with Crippen LogP contribution in [0.2, 0.25) is 0 Å². The molecule has 0 amide bonds. The van der Waals surface area contributed by atoms with Gasteiger partial charge in [-0.25, -0.2) is 4.79 Å². The van der Waals surface area contributed by atoms with Crippen molar-refractivity contribution in [3.63, 3.8) is 0 Å². The van der Waals surface area contributed by atoms with E-state index < -0.39 is 0 Å². The van der Waals surface area contributed by atoms with Crippen LogP contribution in [0.25, 0.3) is 27.1 Å². The summed E-state index contributed by atoms with van der Waals surface area (Å²) < 4.78 is 0. The number of hydrogen-bond acceptors (Lipinski definition) is 2. The number of hydrogen-bond donors (Lipinski definition) is 0. The second kappa shape index (κ2) is 2.30. The Morgan fingerprint density at radius 2 is 1.73 bits per heavy atom. The van der Waals surface area contributed by atoms with E-state index in [4.69, 9.17) is 0 Å². The first-order chi connectivity index (χ1) is 7.38. The Labute approximate surface area is 90.0 Å². The highest BCUT2D eigenvalue weighted by Crippen LogP contribution is 2.48. The summed E-state index contributed by atoms with van der Waals surface area (Å²) in [4.78, 5) is 13.3. The normalized spacial score (nSPS) is 14.3. The monoisotopic (exact) mass is 210 g/mol. The molecular weight excluding hydrogens is 204 g/mol. The van der Waals surface area contributed by atoms with Crippen molar-refractivity contribution >= 4 is 44.4 Å². The van der Waals surface area contributed by atoms with Crippen molar-refractivity contribution < 1.29 is 4.79 Å². The molecule has 0 fully saturated rings. The van der Waals surface area contributed by atoms with E-state index in [2.05, 4.69) is 30.2 Å². The van der Waals surface area contributed by atoms with Crippen molar-refractivity contribution in [2.75, 3.05) is 0 Å². The van der Waals surface area contributed by atoms with E-state index >= 15 is 0 Å². The van der Waals surface area contributed by atoms with Crippen LogP contribution in [0.15, 0.2) is 24.3 Å². The molecule has 0 radical (unpaired) electrons. The van der Waals surface area contributed by atoms with E-state index in [-0.39, 0.29) is 0 Å². The molecule has 2 heteroatoms. The lowest BCUT2D eigenvalue weighted by Gasteiger charge is -2.09. The van der Waals surface area contributed by atoms with E-state index in [1.54, 1.807) is 11.3 Å². The second-order valence-corrected chi connectivity index (χ2v) is 5.04. The summed E-state index contributed by atoms with van der Waals surface area (Å²) in [7, 11) is 0. The third-order valence-corrected chi connectivity index (χ3v) is 4.43. The van der Waals surface area contributed by atoms with Crippen molar-refractivity contribution in [2.24, 2.45) is 0 Å². The predicted octanol–water partition coefficient (Wildman–Crippen LogP) is 3.26. The fraction of sp³-hybridized carbons (Fsp3) is 0.0769. The average Bonchev–Trinajstić information content (AvgIpc) is 2.89. The Balaban J connectivity index is 2.38. The molecule has 0 unspecified atom stereocenters. The molecule has 1 aromatic heterocycles. The number of thiophene rings is 1. The van der Waals surface area contributed by atoms with Gasteiger partial charge in [-0.1, -0.05) is 24.3 Å². The summed E-state index contributed by atoms with van der Waals surface area (Å²) in [5.41, 5.74) is 0.844. The maximum absolute atomic E-state index is 10.8. The zero-order valence-electron chi connectivity index (χ0n) is 7.83. The molecule has 2 heterocycles. The van der Waals surface area contributed by atoms with Crippen molar-refractivity contribution in [2.45, 2.75) is 6.42 Å². The van der Waals surface area contributed by atoms with Crippen LogP contribution in [-0.4, -0.2) is 5.94 Å². The number of carbonyl (C=O) groups excluding carboxylic acids is 1. The summed E-state index contributed by atoms with van der Waals surface area (Å²) in [5, 5.41) is 5.18. The van der Waals surface area contributed by atoms with Gasteiger partial charge >= 0.3 is 0 Å². The van der Waals surface area contributed by atoms with E-state index in [9.17, 15) is 4.79 Å². The van der Waals surface area contributed by atoms with Crippen LogP contribution < -0.4 is 0 Å². The number of allylic oxidation sites excluding steroid dienone is 1. The molecule has 15 heavy (non-hydrogen) atoms. The molecule has 4 bridgehead atoms. The molecule has 5 rings (SSSR count). The highest BCUT2D eigenvalue weighted by atomic mass is 32.1. The van der Waals surface area contributed by atoms with Crippen LogP contribution in [0.5, 0.6) is 0 Å². The van der Waals surface area contributed by atoms with Gasteiger partial charge in [0.25, 0.3) is 0 Å². The Bertz CT molecular complexity index is 724. The summed E-state index contributed by atoms with van der Waals surface area (Å²) in [6.07, 6.45) is 0.792. The lowest BCUT2D eigenvalue weighted by Crippen LogP contribution is -1.91. The minimum atomic E-state index is 0.792. The van der Waals surface area contributed by atoms with E-state index in [1.165, 1.54) is 26.4 Å². The minimum absolute atomic E-state index is 0.792. The Morgan fingerprint density at radius 3 is 2.40 bits per heavy atom. The van der Waals surface area contributed by atoms with Gasteiger partial charge in [0.1, 0.15) is 5.94 Å². The van der Waals surface area contributed by atoms with E-state index in [0.717, 1.165) is 16.9 Å². The topological polar surface area (TPSA) is 17.1 Å². The minimum Gasteiger partial charge on any atom is -0.233 e. The van der Waals surface area contributed by atoms with Gasteiger partial charge in [0.05, 0.1) is 10.5 Å². The van der Waals surface area contributed by atoms with Gasteiger partial charge in [0, 0.05) is 22.1 Å². The molecular formula is C13H6OS. The summed E-state index contributed by atoms with van der Waals surface area (Å²) in [6, 6.07) is 8.58. The average molecular weight is 210 g/mol. The van der Waals surface area contributed by atoms with Crippen molar-refractivity contribution in [1.82, 2.24) is 0 Å². The third-order valence-electron chi connectivity index (χ3n) is 3.18. The molecule has 4 aromatic rings. The molecule has 0 spiro atoms. The predicted molar refractivity (Wildman–Crippen MR) is 63.3 cm³/mol. The summed E-state index contributed by atoms with van der Waals surface area (Å²) >= 11 is 1.76. The zero-order valence-corrected chi connectivity index (χ0v) is 8.65. The highest BCUT2D eigenvalue weighted by molar-refractivity contribution is 7.16. The first-order valence-electron chi connectivity index (χ1n) is 4.89. The van der Waals surface area contributed by atoms with Crippen LogP contribution in [0, 0.1) is 0 Å². The quantitative estimate of drug-likeness (QED) is 0.520. The number of fused-ring (bicyclic) bond motifs is 4. The summed E-state index contributed by atoms with van der Waals surface area (Å²) in [5.74, 6) is 2.07. The lowest BCUT2D eigenvalue weighted by atomic mass is 9.92. The molecule has 1 aliphatic rings. The van der Waals surface area contributed by atoms with Crippen LogP contribution in [-0.2, 0) is 11.2 Å². The molecule has 1 aliphatic heterocycles. The number of rotatable bonds is 0. The van der Waals surface area contributed by atoms with Crippen LogP contribution in [0.3, 0.4) is 0 Å². The van der Waals surface area contributed by atoms with Gasteiger partial charge in [0.15, 0.2) is 0 Å². The van der Waals surface area contributed by atoms with Gasteiger partial charge in [-0.3, -0.25) is 0 Å². The fourth-order valence-corrected chi connectivity index (χ4v) is 3.87. The SMILES string of the molecule is O=C=C1Cc2sc1c1c3ccc(cc3)c21. The largest absolute Gasteiger partial charge is 0.233 e. The molecule has 1 nitrogen and oxygen atoms in total. The molecule has 3 aromatic carbocycles. The van der Waals surface area contributed by atoms with Gasteiger partial charge in [-0.2, -0.15) is 0 Å². The smallest absolute Gasteiger partial charge is 0.129 e. The van der Waals surface area contributed by atoms with Crippen molar-refractivity contribution in [3.8, 4) is 0 Å². The molecule has 0 saturated heterocycles. The Kier molecular flexibility index (Phi) is 1.17. The van der Waals surface area contributed by atoms with E-state index in [1.807, 2.05) is 0 Å². The second-order valence-electron chi connectivity index (χ2n) is 3.94. The molecule has 0 aliphatic carbocycles. The zero-order chi connectivity index (χ0) is 9.99. The van der Waals surface area contributed by atoms with E-state index in [0.29, 0.717) is 0 Å². The standard InChI is InChI=1S/C13H6OS/c14-6-9-5-10-11-7-1-3-8(4-2-7)12(11)13(9)15-10/h1-4H,5H2. The van der Waals surface area contributed by atoms with Crippen LogP contribution in [0.4, 0.5) is 0 Å². The third kappa shape index (κ3) is 0.741. The molecule has 0 N–H and O–H groups in total. The lowest BCUT2D eigenvalue weighted by molar-refractivity contribution is 0.569. The van der Waals surface area contributed by atoms with Gasteiger partial charge < -0.3 is 0 Å². The maximum Gasteiger partial charge on any atom is 0.129 e. The Hall–Kier alpha value is -1.63. The van der Waals surface area contributed by atoms with Gasteiger partial charge in [-0.15, -0.1) is 11.3 Å². The van der Waals surface area contributed by atoms with Crippen LogP contribution >= 0.6 is 11.3 Å². The first-order valence-corrected chi connectivity index (χ1v) is 5.71. The molecule has 70 valence electrons. The van der Waals surface area contributed by atoms with Gasteiger partial charge in [0.2, 0.25) is 0 Å². The molecule has 0 atom stereocenters. The van der Waals surface area contributed by atoms with Crippen molar-refractivity contribution in [1.29, 1.82) is 0 Å². The fourth-order valence-electron chi connectivity index (χ4n) is 2.52. The first kappa shape index (κ1) is 7.63. The van der Waals surface area contributed by atoms with Crippen LogP contribution in [0.1, 0.15) is 9.75 Å². The molecule has 0 saturated carbocycles. The van der Waals surface area contributed by atoms with Crippen molar-refractivity contribution in [3.05, 3.63) is 34.0 Å².